The van der Waals surface area contributed by atoms with E-state index in [2.05, 4.69) is 20.6 Å². The Morgan fingerprint density at radius 3 is 3.12 bits per heavy atom. The van der Waals surface area contributed by atoms with E-state index in [0.717, 1.165) is 18.4 Å². The van der Waals surface area contributed by atoms with E-state index < -0.39 is 5.82 Å². The molecular weight excluding hydrogens is 247 g/mol. The Bertz CT molecular complexity index is 558. The molecule has 0 bridgehead atoms. The number of benzene rings is 1. The van der Waals surface area contributed by atoms with Crippen LogP contribution in [0, 0.1) is 5.82 Å². The summed E-state index contributed by atoms with van der Waals surface area (Å²) >= 11 is 5.94. The molecule has 5 nitrogen and oxygen atoms in total. The van der Waals surface area contributed by atoms with Gasteiger partial charge in [0.2, 0.25) is 5.82 Å². The lowest BCUT2D eigenvalue weighted by atomic mass is 10.0. The Kier molecular flexibility index (Phi) is 2.44. The van der Waals surface area contributed by atoms with Crippen molar-refractivity contribution >= 4 is 11.6 Å². The number of H-pyrrole nitrogens is 1. The predicted molar refractivity (Wildman–Crippen MR) is 58.4 cm³/mol. The summed E-state index contributed by atoms with van der Waals surface area (Å²) in [5.41, 5.74) is 1.16. The maximum atomic E-state index is 13.7. The predicted octanol–water partition coefficient (Wildman–Crippen LogP) is 1.98. The molecule has 1 aromatic heterocycles. The molecule has 0 fully saturated rings. The lowest BCUT2D eigenvalue weighted by molar-refractivity contribution is 0.288. The van der Waals surface area contributed by atoms with Gasteiger partial charge in [-0.1, -0.05) is 11.6 Å². The molecule has 7 heteroatoms. The number of ether oxygens (including phenoxy) is 1. The van der Waals surface area contributed by atoms with Crippen molar-refractivity contribution in [1.82, 2.24) is 20.6 Å². The molecule has 0 unspecified atom stereocenters. The van der Waals surface area contributed by atoms with Crippen LogP contribution in [0.15, 0.2) is 6.07 Å². The van der Waals surface area contributed by atoms with Gasteiger partial charge in [0.05, 0.1) is 17.2 Å². The SMILES string of the molecule is Fc1cc2c(c(-c3nn[nH]n3)c1Cl)OCCC2. The summed E-state index contributed by atoms with van der Waals surface area (Å²) in [6.07, 6.45) is 1.62. The Morgan fingerprint density at radius 1 is 1.47 bits per heavy atom. The van der Waals surface area contributed by atoms with Crippen molar-refractivity contribution in [3.8, 4) is 17.1 Å². The quantitative estimate of drug-likeness (QED) is 0.845. The van der Waals surface area contributed by atoms with Crippen LogP contribution in [0.4, 0.5) is 4.39 Å². The number of nitrogens with one attached hydrogen (secondary N) is 1. The molecule has 1 aliphatic heterocycles. The van der Waals surface area contributed by atoms with E-state index >= 15 is 0 Å². The van der Waals surface area contributed by atoms with E-state index in [9.17, 15) is 4.39 Å². The minimum absolute atomic E-state index is 0.0351. The van der Waals surface area contributed by atoms with E-state index in [1.54, 1.807) is 0 Å². The summed E-state index contributed by atoms with van der Waals surface area (Å²) in [5.74, 6) is 0.312. The van der Waals surface area contributed by atoms with Gasteiger partial charge in [-0.25, -0.2) is 4.39 Å². The van der Waals surface area contributed by atoms with Crippen molar-refractivity contribution in [3.63, 3.8) is 0 Å². The van der Waals surface area contributed by atoms with E-state index in [1.165, 1.54) is 6.07 Å². The van der Waals surface area contributed by atoms with E-state index in [-0.39, 0.29) is 10.8 Å². The summed E-state index contributed by atoms with van der Waals surface area (Å²) in [5, 5.41) is 13.4. The minimum atomic E-state index is -0.490. The highest BCUT2D eigenvalue weighted by atomic mass is 35.5. The molecule has 3 rings (SSSR count). The summed E-state index contributed by atoms with van der Waals surface area (Å²) in [6.45, 7) is 0.583. The van der Waals surface area contributed by atoms with Gasteiger partial charge in [0.1, 0.15) is 11.6 Å². The topological polar surface area (TPSA) is 63.7 Å². The fourth-order valence-corrected chi connectivity index (χ4v) is 2.14. The monoisotopic (exact) mass is 254 g/mol. The second-order valence-electron chi connectivity index (χ2n) is 3.72. The zero-order chi connectivity index (χ0) is 11.8. The molecule has 0 saturated heterocycles. The van der Waals surface area contributed by atoms with Gasteiger partial charge in [-0.15, -0.1) is 10.2 Å². The zero-order valence-corrected chi connectivity index (χ0v) is 9.46. The van der Waals surface area contributed by atoms with Gasteiger partial charge >= 0.3 is 0 Å². The lowest BCUT2D eigenvalue weighted by Gasteiger charge is -2.20. The lowest BCUT2D eigenvalue weighted by Crippen LogP contribution is -2.10. The number of nitrogens with zero attached hydrogens (tertiary/aromatic N) is 3. The zero-order valence-electron chi connectivity index (χ0n) is 8.70. The van der Waals surface area contributed by atoms with Crippen LogP contribution in [0.3, 0.4) is 0 Å². The maximum absolute atomic E-state index is 13.7. The van der Waals surface area contributed by atoms with Crippen molar-refractivity contribution in [2.75, 3.05) is 6.61 Å². The second kappa shape index (κ2) is 3.96. The molecular formula is C10H8ClFN4O. The molecule has 2 aromatic rings. The first kappa shape index (κ1) is 10.5. The van der Waals surface area contributed by atoms with Crippen molar-refractivity contribution in [2.24, 2.45) is 0 Å². The Balaban J connectivity index is 2.28. The molecule has 1 aromatic carbocycles. The van der Waals surface area contributed by atoms with Crippen molar-refractivity contribution in [1.29, 1.82) is 0 Å². The summed E-state index contributed by atoms with van der Waals surface area (Å²) in [6, 6.07) is 1.40. The van der Waals surface area contributed by atoms with Crippen LogP contribution in [0.5, 0.6) is 5.75 Å². The van der Waals surface area contributed by atoms with E-state index in [0.29, 0.717) is 17.9 Å². The molecule has 0 saturated carbocycles. The van der Waals surface area contributed by atoms with E-state index in [4.69, 9.17) is 16.3 Å². The van der Waals surface area contributed by atoms with E-state index in [1.807, 2.05) is 0 Å². The molecule has 0 atom stereocenters. The average Bonchev–Trinajstić information content (AvgIpc) is 2.84. The fourth-order valence-electron chi connectivity index (χ4n) is 1.92. The summed E-state index contributed by atoms with van der Waals surface area (Å²) < 4.78 is 19.2. The van der Waals surface area contributed by atoms with Crippen LogP contribution in [-0.4, -0.2) is 27.2 Å². The highest BCUT2D eigenvalue weighted by Gasteiger charge is 2.24. The summed E-state index contributed by atoms with van der Waals surface area (Å²) in [4.78, 5) is 0. The number of aromatic amines is 1. The van der Waals surface area contributed by atoms with Crippen LogP contribution in [0.1, 0.15) is 12.0 Å². The largest absolute Gasteiger partial charge is 0.492 e. The van der Waals surface area contributed by atoms with Gasteiger partial charge < -0.3 is 4.74 Å². The highest BCUT2D eigenvalue weighted by molar-refractivity contribution is 6.33. The third-order valence-electron chi connectivity index (χ3n) is 2.65. The standard InChI is InChI=1S/C10H8ClFN4O/c11-8-6(12)4-5-2-1-3-17-9(5)7(8)10-13-15-16-14-10/h4H,1-3H2,(H,13,14,15,16). The molecule has 2 heterocycles. The second-order valence-corrected chi connectivity index (χ2v) is 4.10. The Labute approximate surface area is 101 Å². The van der Waals surface area contributed by atoms with Crippen molar-refractivity contribution < 1.29 is 9.13 Å². The van der Waals surface area contributed by atoms with Crippen LogP contribution in [-0.2, 0) is 6.42 Å². The third kappa shape index (κ3) is 1.64. The molecule has 0 amide bonds. The Morgan fingerprint density at radius 2 is 2.35 bits per heavy atom. The normalized spacial score (nSPS) is 14.2. The smallest absolute Gasteiger partial charge is 0.210 e. The highest BCUT2D eigenvalue weighted by Crippen LogP contribution is 2.41. The number of hydrogen-bond donors (Lipinski definition) is 1. The third-order valence-corrected chi connectivity index (χ3v) is 3.02. The van der Waals surface area contributed by atoms with Crippen LogP contribution in [0.25, 0.3) is 11.4 Å². The number of aromatic nitrogens is 4. The maximum Gasteiger partial charge on any atom is 0.210 e. The molecule has 88 valence electrons. The van der Waals surface area contributed by atoms with Gasteiger partial charge in [-0.05, 0) is 29.7 Å². The molecule has 17 heavy (non-hydrogen) atoms. The number of halogens is 2. The first-order chi connectivity index (χ1) is 8.27. The number of rotatable bonds is 1. The molecule has 0 aliphatic carbocycles. The molecule has 0 spiro atoms. The molecule has 1 N–H and O–H groups in total. The van der Waals surface area contributed by atoms with Gasteiger partial charge in [0.25, 0.3) is 0 Å². The van der Waals surface area contributed by atoms with Gasteiger partial charge in [-0.2, -0.15) is 5.21 Å². The van der Waals surface area contributed by atoms with Crippen LogP contribution >= 0.6 is 11.6 Å². The van der Waals surface area contributed by atoms with Gasteiger partial charge in [-0.3, -0.25) is 0 Å². The van der Waals surface area contributed by atoms with Crippen molar-refractivity contribution in [3.05, 3.63) is 22.5 Å². The minimum Gasteiger partial charge on any atom is -0.492 e. The van der Waals surface area contributed by atoms with Crippen molar-refractivity contribution in [2.45, 2.75) is 12.8 Å². The first-order valence-electron chi connectivity index (χ1n) is 5.15. The number of aryl methyl sites for hydroxylation is 1. The number of fused-ring (bicyclic) bond motifs is 1. The van der Waals surface area contributed by atoms with Gasteiger partial charge in [0, 0.05) is 0 Å². The van der Waals surface area contributed by atoms with Crippen LogP contribution < -0.4 is 4.74 Å². The number of hydrogen-bond acceptors (Lipinski definition) is 4. The first-order valence-corrected chi connectivity index (χ1v) is 5.52. The Hall–Kier alpha value is -1.69. The molecule has 1 aliphatic rings. The number of tetrazole rings is 1. The average molecular weight is 255 g/mol. The fraction of sp³-hybridized carbons (Fsp3) is 0.300. The summed E-state index contributed by atoms with van der Waals surface area (Å²) in [7, 11) is 0. The molecule has 0 radical (unpaired) electrons. The van der Waals surface area contributed by atoms with Crippen LogP contribution in [0.2, 0.25) is 5.02 Å². The van der Waals surface area contributed by atoms with Gasteiger partial charge in [0.15, 0.2) is 0 Å².